The van der Waals surface area contributed by atoms with E-state index in [1.807, 2.05) is 6.07 Å². The number of nitrogens with two attached hydrogens (primary N) is 1. The van der Waals surface area contributed by atoms with Crippen molar-refractivity contribution in [2.75, 3.05) is 14.1 Å². The zero-order chi connectivity index (χ0) is 31.0. The van der Waals surface area contributed by atoms with Gasteiger partial charge in [-0.05, 0) is 93.1 Å². The minimum atomic E-state index is -2.71. The highest BCUT2D eigenvalue weighted by atomic mass is 16.3. The van der Waals surface area contributed by atoms with Crippen LogP contribution in [-0.2, 0) is 25.6 Å². The zero-order valence-electron chi connectivity index (χ0n) is 25.0. The third-order valence-electron chi connectivity index (χ3n) is 10.9. The fraction of sp³-hybridized carbons (Fsp3) is 0.559. The van der Waals surface area contributed by atoms with Crippen LogP contribution in [0.5, 0.6) is 5.75 Å². The van der Waals surface area contributed by atoms with Crippen molar-refractivity contribution in [1.82, 2.24) is 4.90 Å². The number of allylic oxidation sites excluding steroid dienone is 4. The number of aromatic hydroxyl groups is 1. The molecule has 0 saturated heterocycles. The lowest BCUT2D eigenvalue weighted by Gasteiger charge is -2.52. The van der Waals surface area contributed by atoms with E-state index in [2.05, 4.69) is 19.1 Å². The summed E-state index contributed by atoms with van der Waals surface area (Å²) in [6.07, 6.45) is 11.4. The number of carbonyl (C=O) groups is 5. The topological polar surface area (TPSA) is 155 Å². The van der Waals surface area contributed by atoms with Crippen LogP contribution in [0.3, 0.4) is 0 Å². The Kier molecular flexibility index (Phi) is 7.32. The molecule has 1 aromatic carbocycles. The molecule has 3 fully saturated rings. The lowest BCUT2D eigenvalue weighted by Crippen LogP contribution is -2.74. The van der Waals surface area contributed by atoms with Gasteiger partial charge in [0.1, 0.15) is 5.75 Å². The van der Waals surface area contributed by atoms with Crippen LogP contribution in [-0.4, -0.2) is 69.9 Å². The van der Waals surface area contributed by atoms with Crippen LogP contribution in [0.2, 0.25) is 0 Å². The third-order valence-corrected chi connectivity index (χ3v) is 10.9. The second-order valence-corrected chi connectivity index (χ2v) is 13.8. The van der Waals surface area contributed by atoms with E-state index in [9.17, 15) is 34.2 Å². The number of phenolic OH excluding ortho intramolecular Hbond substituents is 1. The van der Waals surface area contributed by atoms with Crippen molar-refractivity contribution in [3.05, 3.63) is 46.5 Å². The molecule has 0 aromatic heterocycles. The maximum atomic E-state index is 14.0. The first-order valence-corrected chi connectivity index (χ1v) is 15.4. The fourth-order valence-electron chi connectivity index (χ4n) is 8.72. The van der Waals surface area contributed by atoms with Crippen LogP contribution in [0.15, 0.2) is 29.9 Å². The maximum absolute atomic E-state index is 14.0. The fourth-order valence-corrected chi connectivity index (χ4v) is 8.72. The van der Waals surface area contributed by atoms with E-state index in [4.69, 9.17) is 5.73 Å². The number of hydrogen-bond donors (Lipinski definition) is 3. The highest BCUT2D eigenvalue weighted by molar-refractivity contribution is 6.32. The van der Waals surface area contributed by atoms with Gasteiger partial charge in [-0.25, -0.2) is 0 Å². The van der Waals surface area contributed by atoms with Gasteiger partial charge in [-0.3, -0.25) is 28.9 Å². The molecular weight excluding hydrogens is 548 g/mol. The van der Waals surface area contributed by atoms with Gasteiger partial charge in [0.15, 0.2) is 34.7 Å². The van der Waals surface area contributed by atoms with Crippen molar-refractivity contribution < 1.29 is 34.2 Å². The van der Waals surface area contributed by atoms with E-state index in [1.54, 1.807) is 14.1 Å². The molecule has 6 rings (SSSR count). The van der Waals surface area contributed by atoms with Crippen LogP contribution < -0.4 is 5.73 Å². The highest BCUT2D eigenvalue weighted by Crippen LogP contribution is 2.52. The molecule has 3 unspecified atom stereocenters. The molecule has 4 N–H and O–H groups in total. The van der Waals surface area contributed by atoms with Gasteiger partial charge in [-0.1, -0.05) is 43.6 Å². The normalized spacial score (nSPS) is 35.7. The summed E-state index contributed by atoms with van der Waals surface area (Å²) in [4.78, 5) is 68.4. The molecule has 1 amide bonds. The third kappa shape index (κ3) is 4.54. The molecule has 228 valence electrons. The van der Waals surface area contributed by atoms with Gasteiger partial charge in [0.05, 0.1) is 17.5 Å². The van der Waals surface area contributed by atoms with Crippen molar-refractivity contribution in [1.29, 1.82) is 0 Å². The minimum Gasteiger partial charge on any atom is -0.507 e. The quantitative estimate of drug-likeness (QED) is 0.444. The van der Waals surface area contributed by atoms with Gasteiger partial charge in [0.2, 0.25) is 5.91 Å². The molecule has 0 spiro atoms. The van der Waals surface area contributed by atoms with E-state index >= 15 is 0 Å². The Hall–Kier alpha value is -3.43. The number of fused-ring (bicyclic) bond motifs is 3. The Morgan fingerprint density at radius 1 is 1.05 bits per heavy atom. The number of hydrogen-bond acceptors (Lipinski definition) is 8. The van der Waals surface area contributed by atoms with Gasteiger partial charge >= 0.3 is 0 Å². The van der Waals surface area contributed by atoms with Gasteiger partial charge in [-0.2, -0.15) is 0 Å². The molecular formula is C34H40N2O7. The molecule has 5 aliphatic rings. The smallest absolute Gasteiger partial charge is 0.235 e. The van der Waals surface area contributed by atoms with E-state index in [0.717, 1.165) is 29.9 Å². The van der Waals surface area contributed by atoms with E-state index < -0.39 is 64.4 Å². The number of amides is 1. The molecule has 9 heteroatoms. The number of primary amides is 1. The summed E-state index contributed by atoms with van der Waals surface area (Å²) in [5.74, 6) is -8.78. The number of Topliss-reactive ketones (excluding diaryl/α,β-unsaturated/α-hetero) is 4. The Bertz CT molecular complexity index is 1500. The summed E-state index contributed by atoms with van der Waals surface area (Å²) in [6.45, 7) is 2.31. The minimum absolute atomic E-state index is 0.0414. The Balaban J connectivity index is 1.32. The Labute approximate surface area is 251 Å². The van der Waals surface area contributed by atoms with Crippen molar-refractivity contribution in [2.45, 2.75) is 69.9 Å². The predicted molar refractivity (Wildman–Crippen MR) is 158 cm³/mol. The van der Waals surface area contributed by atoms with Crippen molar-refractivity contribution in [2.24, 2.45) is 41.2 Å². The summed E-state index contributed by atoms with van der Waals surface area (Å²) in [5, 5.41) is 22.6. The summed E-state index contributed by atoms with van der Waals surface area (Å²) in [5.41, 5.74) is 6.63. The zero-order valence-corrected chi connectivity index (χ0v) is 25.0. The lowest BCUT2D eigenvalue weighted by atomic mass is 9.52. The lowest BCUT2D eigenvalue weighted by molar-refractivity contribution is -0.181. The first-order chi connectivity index (χ1) is 20.3. The van der Waals surface area contributed by atoms with Crippen LogP contribution >= 0.6 is 0 Å². The number of rotatable bonds is 5. The molecule has 9 nitrogen and oxygen atoms in total. The number of aliphatic hydroxyl groups is 1. The number of benzene rings is 1. The van der Waals surface area contributed by atoms with Crippen molar-refractivity contribution in [3.63, 3.8) is 0 Å². The number of phenols is 1. The van der Waals surface area contributed by atoms with E-state index in [-0.39, 0.29) is 24.2 Å². The van der Waals surface area contributed by atoms with Gasteiger partial charge in [0.25, 0.3) is 0 Å². The first-order valence-electron chi connectivity index (χ1n) is 15.4. The Morgan fingerprint density at radius 2 is 1.74 bits per heavy atom. The standard InChI is InChI=1S/C34H40N2O7/c1-16-4-6-17(7-5-16)12-18-8-9-19(13-18)21-10-11-24(37)26-22(21)14-20-15-23-28(36(2)3)30(39)27(33(35)42)32(41)34(23,43)31(40)25(20)29(26)38/h8-11,16-17,20,23,25,27-28,37,43H,4-7,12-15H2,1-3H3,(H2,35,42)/t16?,17?,20-,23-,25?,27?,28?,34-/m1/s1. The molecule has 6 atom stereocenters. The van der Waals surface area contributed by atoms with Crippen LogP contribution in [0.1, 0.15) is 73.4 Å². The average Bonchev–Trinajstić information content (AvgIpc) is 3.40. The second-order valence-electron chi connectivity index (χ2n) is 13.8. The first kappa shape index (κ1) is 29.6. The van der Waals surface area contributed by atoms with Crippen LogP contribution in [0.4, 0.5) is 0 Å². The van der Waals surface area contributed by atoms with E-state index in [1.165, 1.54) is 42.2 Å². The summed E-state index contributed by atoms with van der Waals surface area (Å²) in [7, 11) is 3.16. The van der Waals surface area contributed by atoms with Crippen molar-refractivity contribution in [3.8, 4) is 5.75 Å². The van der Waals surface area contributed by atoms with Gasteiger partial charge < -0.3 is 15.9 Å². The largest absolute Gasteiger partial charge is 0.507 e. The summed E-state index contributed by atoms with van der Waals surface area (Å²) in [6, 6.07) is 2.17. The van der Waals surface area contributed by atoms with Crippen LogP contribution in [0, 0.1) is 35.5 Å². The van der Waals surface area contributed by atoms with Gasteiger partial charge in [-0.15, -0.1) is 0 Å². The maximum Gasteiger partial charge on any atom is 0.235 e. The Morgan fingerprint density at radius 3 is 2.40 bits per heavy atom. The number of likely N-dealkylation sites (N-methyl/N-ethyl adjacent to an activating group) is 1. The predicted octanol–water partition coefficient (Wildman–Crippen LogP) is 2.80. The van der Waals surface area contributed by atoms with Gasteiger partial charge in [0, 0.05) is 5.92 Å². The van der Waals surface area contributed by atoms with Crippen molar-refractivity contribution >= 4 is 34.6 Å². The second kappa shape index (κ2) is 10.6. The molecule has 0 heterocycles. The molecule has 5 aliphatic carbocycles. The van der Waals surface area contributed by atoms with Crippen LogP contribution in [0.25, 0.3) is 5.57 Å². The molecule has 0 radical (unpaired) electrons. The average molecular weight is 589 g/mol. The number of carbonyl (C=O) groups excluding carboxylic acids is 5. The molecule has 0 aliphatic heterocycles. The highest BCUT2D eigenvalue weighted by Gasteiger charge is 2.69. The molecule has 3 saturated carbocycles. The van der Waals surface area contributed by atoms with E-state index in [0.29, 0.717) is 11.5 Å². The molecule has 0 bridgehead atoms. The monoisotopic (exact) mass is 588 g/mol. The summed E-state index contributed by atoms with van der Waals surface area (Å²) < 4.78 is 0. The molecule has 43 heavy (non-hydrogen) atoms. The molecule has 1 aromatic rings. The number of ketones is 4. The summed E-state index contributed by atoms with van der Waals surface area (Å²) >= 11 is 0. The SMILES string of the molecule is CC1CCC(CC2=CC=C(c3ccc(O)c4c3C[C@@H]3C[C@@H]5C(N(C)C)C(=O)C(C(N)=O)C(=O)[C@]5(O)C(=O)C3C4=O)C2)CC1. The number of nitrogens with zero attached hydrogens (tertiary/aromatic N) is 1.